The van der Waals surface area contributed by atoms with Crippen molar-refractivity contribution in [3.05, 3.63) is 12.7 Å². The number of hydrogen-bond acceptors (Lipinski definition) is 13. The minimum absolute atomic E-state index is 0.0137. The molecule has 1 aliphatic heterocycles. The minimum atomic E-state index is -1.21. The molecule has 198 valence electrons. The Balaban J connectivity index is 1.30. The van der Waals surface area contributed by atoms with Gasteiger partial charge in [-0.15, -0.1) is 0 Å². The van der Waals surface area contributed by atoms with Crippen LogP contribution in [0.1, 0.15) is 45.8 Å². The third-order valence-corrected chi connectivity index (χ3v) is 5.54. The van der Waals surface area contributed by atoms with E-state index in [0.717, 1.165) is 0 Å². The fraction of sp³-hybridized carbons (Fsp3) is 0.636. The van der Waals surface area contributed by atoms with Crippen molar-refractivity contribution in [3.63, 3.8) is 0 Å². The van der Waals surface area contributed by atoms with E-state index in [-0.39, 0.29) is 62.3 Å². The van der Waals surface area contributed by atoms with Gasteiger partial charge in [0.25, 0.3) is 0 Å². The predicted molar refractivity (Wildman–Crippen MR) is 121 cm³/mol. The highest BCUT2D eigenvalue weighted by Crippen LogP contribution is 2.31. The SMILES string of the molecule is CC(C)[C@H](N)C(=O)OCC(O)COC(=O)CCC(=O)OC[C@@H]1CC[C@H](n2cnc3c(O)ncnc32)O1. The van der Waals surface area contributed by atoms with E-state index in [4.69, 9.17) is 24.7 Å². The fourth-order valence-electron chi connectivity index (χ4n) is 3.38. The number of carbonyl (C=O) groups is 3. The summed E-state index contributed by atoms with van der Waals surface area (Å²) in [6, 6.07) is -0.805. The van der Waals surface area contributed by atoms with E-state index in [1.807, 2.05) is 0 Å². The standard InChI is InChI=1S/C22H31N5O9/c1-12(2)18(23)22(32)35-8-13(28)7-33-16(29)5-6-17(30)34-9-14-3-4-15(36-14)27-11-26-19-20(27)24-10-25-21(19)31/h10-15,18,28H,3-9,23H2,1-2H3,(H,24,25,31)/t13?,14-,15+,18-/m0/s1. The lowest BCUT2D eigenvalue weighted by Gasteiger charge is -2.16. The molecule has 14 heteroatoms. The first-order chi connectivity index (χ1) is 17.2. The van der Waals surface area contributed by atoms with Crippen LogP contribution < -0.4 is 5.73 Å². The highest BCUT2D eigenvalue weighted by molar-refractivity contribution is 5.78. The molecular formula is C22H31N5O9. The predicted octanol–water partition coefficient (Wildman–Crippen LogP) is -0.0365. The Kier molecular flexibility index (Phi) is 9.50. The van der Waals surface area contributed by atoms with Gasteiger partial charge >= 0.3 is 17.9 Å². The highest BCUT2D eigenvalue weighted by Gasteiger charge is 2.29. The lowest BCUT2D eigenvalue weighted by molar-refractivity contribution is -0.157. The Bertz CT molecular complexity index is 1060. The molecule has 0 radical (unpaired) electrons. The summed E-state index contributed by atoms with van der Waals surface area (Å²) in [6.45, 7) is 2.79. The van der Waals surface area contributed by atoms with Gasteiger partial charge in [-0.25, -0.2) is 9.97 Å². The topological polar surface area (TPSA) is 198 Å². The van der Waals surface area contributed by atoms with Crippen LogP contribution in [0.3, 0.4) is 0 Å². The summed E-state index contributed by atoms with van der Waals surface area (Å²) >= 11 is 0. The van der Waals surface area contributed by atoms with Crippen molar-refractivity contribution in [1.82, 2.24) is 19.5 Å². The Morgan fingerprint density at radius 3 is 2.53 bits per heavy atom. The number of carbonyl (C=O) groups excluding carboxylic acids is 3. The summed E-state index contributed by atoms with van der Waals surface area (Å²) in [7, 11) is 0. The molecule has 3 rings (SSSR count). The number of aliphatic hydroxyl groups is 1. The van der Waals surface area contributed by atoms with Crippen molar-refractivity contribution in [2.75, 3.05) is 19.8 Å². The van der Waals surface area contributed by atoms with Crippen LogP contribution in [0.4, 0.5) is 0 Å². The molecule has 3 heterocycles. The number of ether oxygens (including phenoxy) is 4. The number of aromatic hydroxyl groups is 1. The Hall–Kier alpha value is -3.36. The van der Waals surface area contributed by atoms with Crippen molar-refractivity contribution in [1.29, 1.82) is 0 Å². The minimum Gasteiger partial charge on any atom is -0.492 e. The molecule has 4 N–H and O–H groups in total. The molecule has 0 aliphatic carbocycles. The summed E-state index contributed by atoms with van der Waals surface area (Å²) in [6.07, 6.45) is 1.62. The van der Waals surface area contributed by atoms with E-state index in [1.165, 1.54) is 12.7 Å². The van der Waals surface area contributed by atoms with Crippen molar-refractivity contribution in [2.45, 2.75) is 64.0 Å². The largest absolute Gasteiger partial charge is 0.492 e. The van der Waals surface area contributed by atoms with Crippen LogP contribution in [0.25, 0.3) is 11.2 Å². The van der Waals surface area contributed by atoms with Crippen molar-refractivity contribution < 1.29 is 43.5 Å². The third-order valence-electron chi connectivity index (χ3n) is 5.54. The normalized spacial score (nSPS) is 19.2. The van der Waals surface area contributed by atoms with Crippen molar-refractivity contribution in [2.24, 2.45) is 11.7 Å². The summed E-state index contributed by atoms with van der Waals surface area (Å²) in [5.41, 5.74) is 6.35. The summed E-state index contributed by atoms with van der Waals surface area (Å²) in [5, 5.41) is 19.5. The molecule has 1 fully saturated rings. The second kappa shape index (κ2) is 12.6. The Morgan fingerprint density at radius 2 is 1.81 bits per heavy atom. The van der Waals surface area contributed by atoms with Crippen LogP contribution in [0.2, 0.25) is 0 Å². The monoisotopic (exact) mass is 509 g/mol. The molecule has 4 atom stereocenters. The van der Waals surface area contributed by atoms with Gasteiger partial charge in [0.2, 0.25) is 5.88 Å². The molecule has 1 saturated heterocycles. The first kappa shape index (κ1) is 27.2. The Morgan fingerprint density at radius 1 is 1.11 bits per heavy atom. The molecular weight excluding hydrogens is 478 g/mol. The van der Waals surface area contributed by atoms with E-state index in [9.17, 15) is 24.6 Å². The van der Waals surface area contributed by atoms with E-state index < -0.39 is 30.1 Å². The number of esters is 3. The molecule has 1 unspecified atom stereocenters. The van der Waals surface area contributed by atoms with E-state index in [2.05, 4.69) is 15.0 Å². The second-order valence-corrected chi connectivity index (χ2v) is 8.73. The van der Waals surface area contributed by atoms with Crippen LogP contribution in [0.15, 0.2) is 12.7 Å². The Labute approximate surface area is 206 Å². The van der Waals surface area contributed by atoms with Gasteiger partial charge < -0.3 is 34.9 Å². The first-order valence-corrected chi connectivity index (χ1v) is 11.6. The molecule has 0 aromatic carbocycles. The maximum absolute atomic E-state index is 12.0. The van der Waals surface area contributed by atoms with Gasteiger partial charge in [0.15, 0.2) is 11.2 Å². The fourth-order valence-corrected chi connectivity index (χ4v) is 3.38. The van der Waals surface area contributed by atoms with Gasteiger partial charge in [-0.2, -0.15) is 4.98 Å². The van der Waals surface area contributed by atoms with Gasteiger partial charge in [-0.05, 0) is 18.8 Å². The van der Waals surface area contributed by atoms with Gasteiger partial charge in [0.05, 0.1) is 25.3 Å². The van der Waals surface area contributed by atoms with Gasteiger partial charge in [-0.1, -0.05) is 13.8 Å². The molecule has 2 aromatic rings. The quantitative estimate of drug-likeness (QED) is 0.255. The van der Waals surface area contributed by atoms with Crippen molar-refractivity contribution >= 4 is 29.1 Å². The molecule has 2 aromatic heterocycles. The first-order valence-electron chi connectivity index (χ1n) is 11.6. The van der Waals surface area contributed by atoms with Crippen LogP contribution in [0.5, 0.6) is 5.88 Å². The number of nitrogens with two attached hydrogens (primary N) is 1. The number of aromatic nitrogens is 4. The number of hydrogen-bond donors (Lipinski definition) is 3. The molecule has 36 heavy (non-hydrogen) atoms. The summed E-state index contributed by atoms with van der Waals surface area (Å²) < 4.78 is 22.6. The lowest BCUT2D eigenvalue weighted by Crippen LogP contribution is -2.38. The molecule has 0 saturated carbocycles. The average Bonchev–Trinajstić information content (AvgIpc) is 3.50. The number of imidazole rings is 1. The van der Waals surface area contributed by atoms with Gasteiger partial charge in [0.1, 0.15) is 44.5 Å². The number of rotatable bonds is 12. The van der Waals surface area contributed by atoms with E-state index in [1.54, 1.807) is 18.4 Å². The summed E-state index contributed by atoms with van der Waals surface area (Å²) in [5.74, 6) is -2.28. The van der Waals surface area contributed by atoms with Crippen LogP contribution in [-0.2, 0) is 33.3 Å². The van der Waals surface area contributed by atoms with Crippen molar-refractivity contribution in [3.8, 4) is 5.88 Å². The maximum atomic E-state index is 12.0. The zero-order valence-corrected chi connectivity index (χ0v) is 20.1. The van der Waals surface area contributed by atoms with Crippen LogP contribution in [-0.4, -0.2) is 85.7 Å². The van der Waals surface area contributed by atoms with E-state index >= 15 is 0 Å². The molecule has 0 amide bonds. The second-order valence-electron chi connectivity index (χ2n) is 8.73. The molecule has 0 bridgehead atoms. The average molecular weight is 510 g/mol. The lowest BCUT2D eigenvalue weighted by atomic mass is 10.1. The zero-order valence-electron chi connectivity index (χ0n) is 20.1. The maximum Gasteiger partial charge on any atom is 0.323 e. The number of aliphatic hydroxyl groups excluding tert-OH is 1. The molecule has 0 spiro atoms. The van der Waals surface area contributed by atoms with E-state index in [0.29, 0.717) is 18.5 Å². The van der Waals surface area contributed by atoms with Crippen LogP contribution >= 0.6 is 0 Å². The number of nitrogens with zero attached hydrogens (tertiary/aromatic N) is 4. The number of fused-ring (bicyclic) bond motifs is 1. The molecule has 14 nitrogen and oxygen atoms in total. The third kappa shape index (κ3) is 7.32. The summed E-state index contributed by atoms with van der Waals surface area (Å²) in [4.78, 5) is 47.4. The zero-order chi connectivity index (χ0) is 26.2. The van der Waals surface area contributed by atoms with Gasteiger partial charge in [0, 0.05) is 0 Å². The van der Waals surface area contributed by atoms with Crippen LogP contribution in [0, 0.1) is 5.92 Å². The smallest absolute Gasteiger partial charge is 0.323 e. The molecule has 1 aliphatic rings. The highest BCUT2D eigenvalue weighted by atomic mass is 16.6. The van der Waals surface area contributed by atoms with Gasteiger partial charge in [-0.3, -0.25) is 19.0 Å².